The van der Waals surface area contributed by atoms with E-state index in [0.717, 1.165) is 9.75 Å². The number of hydrogen-bond acceptors (Lipinski definition) is 5. The molecule has 26 heavy (non-hydrogen) atoms. The van der Waals surface area contributed by atoms with E-state index in [0.29, 0.717) is 12.1 Å². The van der Waals surface area contributed by atoms with Gasteiger partial charge < -0.3 is 10.4 Å². The van der Waals surface area contributed by atoms with Gasteiger partial charge in [0.1, 0.15) is 0 Å². The maximum Gasteiger partial charge on any atom is 0.240 e. The molecule has 1 amide bonds. The van der Waals surface area contributed by atoms with E-state index in [2.05, 4.69) is 10.0 Å². The zero-order valence-electron chi connectivity index (χ0n) is 15.0. The van der Waals surface area contributed by atoms with Gasteiger partial charge in [0.15, 0.2) is 0 Å². The molecule has 0 saturated heterocycles. The molecule has 0 radical (unpaired) electrons. The van der Waals surface area contributed by atoms with Gasteiger partial charge in [-0.3, -0.25) is 4.79 Å². The van der Waals surface area contributed by atoms with Crippen LogP contribution in [0.5, 0.6) is 0 Å². The third-order valence-corrected chi connectivity index (χ3v) is 6.51. The molecule has 1 unspecified atom stereocenters. The molecule has 0 bridgehead atoms. The molecule has 142 valence electrons. The van der Waals surface area contributed by atoms with Crippen LogP contribution >= 0.6 is 11.3 Å². The first-order valence-electron chi connectivity index (χ1n) is 8.36. The van der Waals surface area contributed by atoms with Gasteiger partial charge in [-0.25, -0.2) is 13.1 Å². The Hall–Kier alpha value is -1.74. The fourth-order valence-electron chi connectivity index (χ4n) is 2.15. The molecule has 0 aliphatic rings. The van der Waals surface area contributed by atoms with Gasteiger partial charge in [0.25, 0.3) is 0 Å². The lowest BCUT2D eigenvalue weighted by molar-refractivity contribution is -0.118. The van der Waals surface area contributed by atoms with Crippen molar-refractivity contribution in [1.29, 1.82) is 0 Å². The smallest absolute Gasteiger partial charge is 0.240 e. The Kier molecular flexibility index (Phi) is 6.94. The summed E-state index contributed by atoms with van der Waals surface area (Å²) in [6, 6.07) is 9.83. The summed E-state index contributed by atoms with van der Waals surface area (Å²) < 4.78 is 27.3. The molecule has 1 aromatic heterocycles. The lowest BCUT2D eigenvalue weighted by Crippen LogP contribution is -2.25. The number of thiophene rings is 1. The minimum absolute atomic E-state index is 0.119. The first-order valence-corrected chi connectivity index (χ1v) is 10.7. The number of carbonyl (C=O) groups excluding carboxylic acids is 1. The Morgan fingerprint density at radius 1 is 1.12 bits per heavy atom. The lowest BCUT2D eigenvalue weighted by atomic mass is 10.2. The summed E-state index contributed by atoms with van der Waals surface area (Å²) in [6.45, 7) is 5.55. The molecule has 1 aromatic carbocycles. The van der Waals surface area contributed by atoms with E-state index in [1.54, 1.807) is 32.9 Å². The zero-order valence-corrected chi connectivity index (χ0v) is 16.7. The largest absolute Gasteiger partial charge is 0.388 e. The highest BCUT2D eigenvalue weighted by Crippen LogP contribution is 2.23. The van der Waals surface area contributed by atoms with Crippen molar-refractivity contribution in [2.75, 3.05) is 11.9 Å². The summed E-state index contributed by atoms with van der Waals surface area (Å²) in [6.07, 6.45) is 0.0410. The van der Waals surface area contributed by atoms with Crippen LogP contribution in [-0.2, 0) is 21.2 Å². The number of amides is 1. The van der Waals surface area contributed by atoms with Crippen LogP contribution < -0.4 is 10.0 Å². The highest BCUT2D eigenvalue weighted by Gasteiger charge is 2.14. The van der Waals surface area contributed by atoms with Gasteiger partial charge in [-0.05, 0) is 49.7 Å². The van der Waals surface area contributed by atoms with E-state index < -0.39 is 16.1 Å². The number of hydrogen-bond donors (Lipinski definition) is 3. The fraction of sp³-hybridized carbons (Fsp3) is 0.389. The molecule has 3 N–H and O–H groups in total. The molecule has 2 aromatic rings. The van der Waals surface area contributed by atoms with Crippen molar-refractivity contribution in [3.05, 3.63) is 46.2 Å². The van der Waals surface area contributed by atoms with Crippen LogP contribution in [0.1, 0.15) is 36.6 Å². The molecule has 0 aliphatic carbocycles. The predicted molar refractivity (Wildman–Crippen MR) is 104 cm³/mol. The van der Waals surface area contributed by atoms with Crippen LogP contribution in [0.4, 0.5) is 5.69 Å². The maximum absolute atomic E-state index is 12.3. The van der Waals surface area contributed by atoms with Crippen LogP contribution in [-0.4, -0.2) is 26.0 Å². The standard InChI is InChI=1S/C18H24N2O4S2/c1-12(2)18(22)20-14-4-7-16(8-5-14)26(23,24)19-11-10-15-6-9-17(25-15)13(3)21/h4-9,12-13,19,21H,10-11H2,1-3H3,(H,20,22). The van der Waals surface area contributed by atoms with Crippen LogP contribution in [0.15, 0.2) is 41.3 Å². The van der Waals surface area contributed by atoms with Gasteiger partial charge >= 0.3 is 0 Å². The van der Waals surface area contributed by atoms with Gasteiger partial charge in [-0.2, -0.15) is 0 Å². The normalized spacial score (nSPS) is 13.0. The summed E-state index contributed by atoms with van der Waals surface area (Å²) in [5.74, 6) is -0.266. The van der Waals surface area contributed by atoms with Crippen molar-refractivity contribution >= 4 is 33.0 Å². The van der Waals surface area contributed by atoms with Gasteiger partial charge in [0.05, 0.1) is 11.0 Å². The maximum atomic E-state index is 12.3. The Balaban J connectivity index is 1.93. The molecule has 1 heterocycles. The number of benzene rings is 1. The van der Waals surface area contributed by atoms with E-state index in [9.17, 15) is 18.3 Å². The molecule has 0 saturated carbocycles. The van der Waals surface area contributed by atoms with Crippen LogP contribution in [0.3, 0.4) is 0 Å². The van der Waals surface area contributed by atoms with Gasteiger partial charge in [0.2, 0.25) is 15.9 Å². The highest BCUT2D eigenvalue weighted by molar-refractivity contribution is 7.89. The zero-order chi connectivity index (χ0) is 19.3. The minimum atomic E-state index is -3.61. The van der Waals surface area contributed by atoms with E-state index in [1.807, 2.05) is 12.1 Å². The lowest BCUT2D eigenvalue weighted by Gasteiger charge is -2.09. The molecule has 2 rings (SSSR count). The Morgan fingerprint density at radius 3 is 2.31 bits per heavy atom. The molecule has 0 fully saturated rings. The third-order valence-electron chi connectivity index (χ3n) is 3.71. The number of nitrogens with one attached hydrogen (secondary N) is 2. The van der Waals surface area contributed by atoms with E-state index in [-0.39, 0.29) is 23.3 Å². The average molecular weight is 397 g/mol. The molecule has 6 nitrogen and oxygen atoms in total. The quantitative estimate of drug-likeness (QED) is 0.639. The summed E-state index contributed by atoms with van der Waals surface area (Å²) >= 11 is 1.47. The number of carbonyl (C=O) groups is 1. The number of aliphatic hydroxyl groups excluding tert-OH is 1. The van der Waals surface area contributed by atoms with Crippen molar-refractivity contribution in [2.45, 2.75) is 38.2 Å². The second-order valence-electron chi connectivity index (χ2n) is 6.30. The van der Waals surface area contributed by atoms with E-state index in [4.69, 9.17) is 0 Å². The molecule has 1 atom stereocenters. The average Bonchev–Trinajstić information content (AvgIpc) is 3.04. The first-order chi connectivity index (χ1) is 12.2. The molecular weight excluding hydrogens is 372 g/mol. The van der Waals surface area contributed by atoms with Crippen molar-refractivity contribution < 1.29 is 18.3 Å². The van der Waals surface area contributed by atoms with Crippen molar-refractivity contribution in [3.8, 4) is 0 Å². The molecule has 0 spiro atoms. The van der Waals surface area contributed by atoms with Crippen LogP contribution in [0.25, 0.3) is 0 Å². The topological polar surface area (TPSA) is 95.5 Å². The number of rotatable bonds is 8. The number of sulfonamides is 1. The summed E-state index contributed by atoms with van der Waals surface area (Å²) in [7, 11) is -3.61. The fourth-order valence-corrected chi connectivity index (χ4v) is 4.13. The second kappa shape index (κ2) is 8.77. The number of aliphatic hydroxyl groups is 1. The van der Waals surface area contributed by atoms with Gasteiger partial charge in [-0.1, -0.05) is 13.8 Å². The second-order valence-corrected chi connectivity index (χ2v) is 9.26. The molecule has 0 aliphatic heterocycles. The Bertz CT molecular complexity index is 840. The van der Waals surface area contributed by atoms with Crippen LogP contribution in [0.2, 0.25) is 0 Å². The third kappa shape index (κ3) is 5.63. The predicted octanol–water partition coefficient (Wildman–Crippen LogP) is 2.92. The summed E-state index contributed by atoms with van der Waals surface area (Å²) in [4.78, 5) is 13.7. The van der Waals surface area contributed by atoms with Crippen molar-refractivity contribution in [3.63, 3.8) is 0 Å². The minimum Gasteiger partial charge on any atom is -0.388 e. The van der Waals surface area contributed by atoms with Gasteiger partial charge in [0, 0.05) is 27.9 Å². The van der Waals surface area contributed by atoms with E-state index >= 15 is 0 Å². The van der Waals surface area contributed by atoms with Crippen molar-refractivity contribution in [1.82, 2.24) is 4.72 Å². The monoisotopic (exact) mass is 396 g/mol. The van der Waals surface area contributed by atoms with E-state index in [1.165, 1.54) is 23.5 Å². The molecule has 8 heteroatoms. The highest BCUT2D eigenvalue weighted by atomic mass is 32.2. The summed E-state index contributed by atoms with van der Waals surface area (Å²) in [5, 5.41) is 12.2. The summed E-state index contributed by atoms with van der Waals surface area (Å²) in [5.41, 5.74) is 0.562. The first kappa shape index (κ1) is 20.6. The number of anilines is 1. The Morgan fingerprint density at radius 2 is 1.77 bits per heavy atom. The van der Waals surface area contributed by atoms with Crippen molar-refractivity contribution in [2.24, 2.45) is 5.92 Å². The van der Waals surface area contributed by atoms with Crippen LogP contribution in [0, 0.1) is 5.92 Å². The molecular formula is C18H24N2O4S2. The Labute approximate surface area is 158 Å². The SMILES string of the molecule is CC(C)C(=O)Nc1ccc(S(=O)(=O)NCCc2ccc(C(C)O)s2)cc1. The van der Waals surface area contributed by atoms with Gasteiger partial charge in [-0.15, -0.1) is 11.3 Å².